The van der Waals surface area contributed by atoms with Crippen LogP contribution in [0.5, 0.6) is 0 Å². The zero-order chi connectivity index (χ0) is 10.5. The van der Waals surface area contributed by atoms with E-state index in [0.29, 0.717) is 11.5 Å². The minimum Gasteiger partial charge on any atom is -0.335 e. The van der Waals surface area contributed by atoms with Crippen molar-refractivity contribution < 1.29 is 0 Å². The molecular weight excluding hydrogens is 192 g/mol. The maximum absolute atomic E-state index is 8.77. The van der Waals surface area contributed by atoms with Crippen molar-refractivity contribution in [1.82, 2.24) is 19.9 Å². The molecular formula is C9H6N6. The fourth-order valence-corrected chi connectivity index (χ4v) is 1.01. The summed E-state index contributed by atoms with van der Waals surface area (Å²) in [6, 6.07) is 1.94. The molecule has 0 amide bonds. The molecule has 72 valence electrons. The van der Waals surface area contributed by atoms with Crippen molar-refractivity contribution in [2.45, 2.75) is 0 Å². The van der Waals surface area contributed by atoms with Crippen LogP contribution in [0.4, 0.5) is 11.5 Å². The topological polar surface area (TPSA) is 87.4 Å². The van der Waals surface area contributed by atoms with Gasteiger partial charge >= 0.3 is 0 Å². The monoisotopic (exact) mass is 198 g/mol. The highest BCUT2D eigenvalue weighted by atomic mass is 15.0. The van der Waals surface area contributed by atoms with Crippen LogP contribution in [-0.4, -0.2) is 19.9 Å². The maximum atomic E-state index is 8.77. The molecule has 0 atom stereocenters. The molecule has 2 heterocycles. The van der Waals surface area contributed by atoms with E-state index in [1.54, 1.807) is 12.4 Å². The molecule has 0 aliphatic heterocycles. The van der Waals surface area contributed by atoms with Crippen LogP contribution in [0.15, 0.2) is 31.1 Å². The van der Waals surface area contributed by atoms with E-state index >= 15 is 0 Å². The van der Waals surface area contributed by atoms with E-state index in [2.05, 4.69) is 25.3 Å². The van der Waals surface area contributed by atoms with E-state index in [0.717, 1.165) is 0 Å². The second kappa shape index (κ2) is 4.11. The molecule has 0 aliphatic rings. The summed E-state index contributed by atoms with van der Waals surface area (Å²) in [6.45, 7) is 0. The fraction of sp³-hybridized carbons (Fsp3) is 0. The number of aromatic nitrogens is 4. The van der Waals surface area contributed by atoms with Gasteiger partial charge in [-0.05, 0) is 0 Å². The highest BCUT2D eigenvalue weighted by Gasteiger charge is 2.03. The van der Waals surface area contributed by atoms with Gasteiger partial charge in [-0.2, -0.15) is 5.26 Å². The lowest BCUT2D eigenvalue weighted by atomic mass is 10.4. The van der Waals surface area contributed by atoms with E-state index in [1.165, 1.54) is 18.7 Å². The molecule has 2 rings (SSSR count). The summed E-state index contributed by atoms with van der Waals surface area (Å²) in [6.07, 6.45) is 7.57. The first kappa shape index (κ1) is 9.02. The maximum Gasteiger partial charge on any atom is 0.183 e. The van der Waals surface area contributed by atoms with Crippen molar-refractivity contribution in [2.24, 2.45) is 0 Å². The van der Waals surface area contributed by atoms with Gasteiger partial charge in [-0.3, -0.25) is 0 Å². The Labute approximate surface area is 85.7 Å². The highest BCUT2D eigenvalue weighted by Crippen LogP contribution is 2.13. The first-order chi connectivity index (χ1) is 7.40. The molecule has 0 radical (unpaired) electrons. The van der Waals surface area contributed by atoms with Crippen LogP contribution in [0.2, 0.25) is 0 Å². The molecule has 15 heavy (non-hydrogen) atoms. The third-order valence-corrected chi connectivity index (χ3v) is 1.63. The van der Waals surface area contributed by atoms with Gasteiger partial charge in [0, 0.05) is 12.4 Å². The van der Waals surface area contributed by atoms with Crippen LogP contribution in [0.25, 0.3) is 0 Å². The molecule has 6 nitrogen and oxygen atoms in total. The Kier molecular flexibility index (Phi) is 2.47. The molecule has 0 fully saturated rings. The predicted molar refractivity (Wildman–Crippen MR) is 52.1 cm³/mol. The van der Waals surface area contributed by atoms with Crippen LogP contribution in [0.1, 0.15) is 5.69 Å². The van der Waals surface area contributed by atoms with Crippen molar-refractivity contribution in [3.63, 3.8) is 0 Å². The Morgan fingerprint density at radius 3 is 2.60 bits per heavy atom. The van der Waals surface area contributed by atoms with Gasteiger partial charge < -0.3 is 5.32 Å². The van der Waals surface area contributed by atoms with E-state index in [9.17, 15) is 0 Å². The lowest BCUT2D eigenvalue weighted by molar-refractivity contribution is 1.14. The van der Waals surface area contributed by atoms with Crippen molar-refractivity contribution in [2.75, 3.05) is 5.32 Å². The zero-order valence-electron chi connectivity index (χ0n) is 7.62. The van der Waals surface area contributed by atoms with E-state index < -0.39 is 0 Å². The van der Waals surface area contributed by atoms with Gasteiger partial charge in [-0.1, -0.05) is 0 Å². The third kappa shape index (κ3) is 2.03. The number of nitrogens with one attached hydrogen (secondary N) is 1. The molecule has 0 unspecified atom stereocenters. The average Bonchev–Trinajstić information content (AvgIpc) is 2.31. The molecule has 0 bridgehead atoms. The minimum atomic E-state index is 0.237. The summed E-state index contributed by atoms with van der Waals surface area (Å²) in [5.74, 6) is 0.398. The molecule has 0 aromatic carbocycles. The number of nitrogens with zero attached hydrogens (tertiary/aromatic N) is 5. The predicted octanol–water partition coefficient (Wildman–Crippen LogP) is 0.882. The summed E-state index contributed by atoms with van der Waals surface area (Å²) < 4.78 is 0. The molecule has 0 spiro atoms. The van der Waals surface area contributed by atoms with Crippen LogP contribution in [0.3, 0.4) is 0 Å². The van der Waals surface area contributed by atoms with Gasteiger partial charge in [0.25, 0.3) is 0 Å². The van der Waals surface area contributed by atoms with E-state index in [1.807, 2.05) is 6.07 Å². The minimum absolute atomic E-state index is 0.237. The summed E-state index contributed by atoms with van der Waals surface area (Å²) in [4.78, 5) is 15.5. The van der Waals surface area contributed by atoms with E-state index in [-0.39, 0.29) is 5.69 Å². The quantitative estimate of drug-likeness (QED) is 0.770. The van der Waals surface area contributed by atoms with Gasteiger partial charge in [-0.25, -0.2) is 19.9 Å². The zero-order valence-corrected chi connectivity index (χ0v) is 7.62. The number of hydrogen-bond acceptors (Lipinski definition) is 6. The van der Waals surface area contributed by atoms with Crippen LogP contribution in [-0.2, 0) is 0 Å². The molecule has 1 N–H and O–H groups in total. The third-order valence-electron chi connectivity index (χ3n) is 1.63. The van der Waals surface area contributed by atoms with Gasteiger partial charge in [0.15, 0.2) is 11.5 Å². The summed E-state index contributed by atoms with van der Waals surface area (Å²) in [5.41, 5.74) is 0.899. The second-order valence-corrected chi connectivity index (χ2v) is 2.62. The molecule has 0 saturated carbocycles. The molecule has 2 aromatic heterocycles. The van der Waals surface area contributed by atoms with Crippen LogP contribution < -0.4 is 5.32 Å². The van der Waals surface area contributed by atoms with Gasteiger partial charge in [0.2, 0.25) is 0 Å². The fourth-order valence-electron chi connectivity index (χ4n) is 1.01. The summed E-state index contributed by atoms with van der Waals surface area (Å²) in [5, 5.41) is 11.7. The number of anilines is 2. The Bertz CT molecular complexity index is 489. The average molecular weight is 198 g/mol. The Balaban J connectivity index is 2.29. The molecule has 6 heteroatoms. The van der Waals surface area contributed by atoms with Crippen LogP contribution >= 0.6 is 0 Å². The van der Waals surface area contributed by atoms with Crippen LogP contribution in [0, 0.1) is 11.3 Å². The van der Waals surface area contributed by atoms with Crippen molar-refractivity contribution in [1.29, 1.82) is 5.26 Å². The molecule has 0 saturated heterocycles. The first-order valence-corrected chi connectivity index (χ1v) is 4.13. The van der Waals surface area contributed by atoms with Crippen molar-refractivity contribution in [3.8, 4) is 6.07 Å². The smallest absolute Gasteiger partial charge is 0.183 e. The molecule has 0 aliphatic carbocycles. The Hall–Kier alpha value is -2.55. The lowest BCUT2D eigenvalue weighted by Crippen LogP contribution is -1.99. The largest absolute Gasteiger partial charge is 0.335 e. The van der Waals surface area contributed by atoms with Crippen molar-refractivity contribution in [3.05, 3.63) is 36.8 Å². The van der Waals surface area contributed by atoms with Gasteiger partial charge in [0.1, 0.15) is 12.4 Å². The van der Waals surface area contributed by atoms with Gasteiger partial charge in [-0.15, -0.1) is 0 Å². The normalized spacial score (nSPS) is 9.27. The first-order valence-electron chi connectivity index (χ1n) is 4.13. The summed E-state index contributed by atoms with van der Waals surface area (Å²) in [7, 11) is 0. The second-order valence-electron chi connectivity index (χ2n) is 2.62. The lowest BCUT2D eigenvalue weighted by Gasteiger charge is -2.03. The SMILES string of the molecule is N#Cc1nccnc1Nc1cncnc1. The molecule has 2 aromatic rings. The summed E-state index contributed by atoms with van der Waals surface area (Å²) >= 11 is 0. The standard InChI is InChI=1S/C9H6N6/c10-3-8-9(14-2-1-13-8)15-7-4-11-6-12-5-7/h1-2,4-6H,(H,14,15). The number of hydrogen-bond donors (Lipinski definition) is 1. The Morgan fingerprint density at radius 1 is 1.13 bits per heavy atom. The number of rotatable bonds is 2. The highest BCUT2D eigenvalue weighted by molar-refractivity contribution is 5.58. The van der Waals surface area contributed by atoms with Crippen molar-refractivity contribution >= 4 is 11.5 Å². The van der Waals surface area contributed by atoms with E-state index in [4.69, 9.17) is 5.26 Å². The number of nitriles is 1. The Morgan fingerprint density at radius 2 is 1.87 bits per heavy atom. The van der Waals surface area contributed by atoms with Gasteiger partial charge in [0.05, 0.1) is 18.1 Å².